The van der Waals surface area contributed by atoms with Gasteiger partial charge >= 0.3 is 5.97 Å². The standard InChI is InChI=1S/C27H29F2N3O3/c1-15(2)14-31-16(3)10-20-19(7-8-24-21(20)13-30-32(24)17(4)33)27(31)26-22(28)11-18(12-23(26)29)6-9-25(34)35-5/h6-9,11-13,15-16,27H,10,14H2,1-5H3/b9-6+. The monoisotopic (exact) mass is 481 g/mol. The number of nitrogens with zero attached hydrogens (tertiary/aromatic N) is 3. The van der Waals surface area contributed by atoms with Crippen LogP contribution in [0.5, 0.6) is 0 Å². The van der Waals surface area contributed by atoms with E-state index in [0.29, 0.717) is 18.5 Å². The predicted molar refractivity (Wildman–Crippen MR) is 130 cm³/mol. The lowest BCUT2D eigenvalue weighted by atomic mass is 9.82. The largest absolute Gasteiger partial charge is 0.466 e. The van der Waals surface area contributed by atoms with Gasteiger partial charge in [0.1, 0.15) is 11.6 Å². The molecule has 1 aliphatic heterocycles. The average Bonchev–Trinajstić information content (AvgIpc) is 3.23. The first-order valence-electron chi connectivity index (χ1n) is 11.6. The smallest absolute Gasteiger partial charge is 0.330 e. The molecule has 0 saturated carbocycles. The molecular weight excluding hydrogens is 452 g/mol. The van der Waals surface area contributed by atoms with Gasteiger partial charge in [-0.15, -0.1) is 0 Å². The van der Waals surface area contributed by atoms with Gasteiger partial charge in [0.2, 0.25) is 5.91 Å². The summed E-state index contributed by atoms with van der Waals surface area (Å²) in [6, 6.07) is 5.46. The zero-order valence-electron chi connectivity index (χ0n) is 20.5. The fraction of sp³-hybridized carbons (Fsp3) is 0.370. The second-order valence-corrected chi connectivity index (χ2v) is 9.44. The summed E-state index contributed by atoms with van der Waals surface area (Å²) in [7, 11) is 1.24. The molecule has 184 valence electrons. The summed E-state index contributed by atoms with van der Waals surface area (Å²) in [6.45, 7) is 8.30. The van der Waals surface area contributed by atoms with Crippen LogP contribution in [0.25, 0.3) is 17.0 Å². The number of benzene rings is 2. The summed E-state index contributed by atoms with van der Waals surface area (Å²) in [5.41, 5.74) is 2.62. The molecule has 0 bridgehead atoms. The van der Waals surface area contributed by atoms with Gasteiger partial charge in [0.05, 0.1) is 24.9 Å². The van der Waals surface area contributed by atoms with Crippen molar-refractivity contribution >= 4 is 28.9 Å². The minimum absolute atomic E-state index is 0.00104. The minimum Gasteiger partial charge on any atom is -0.466 e. The van der Waals surface area contributed by atoms with Crippen LogP contribution in [-0.4, -0.2) is 46.3 Å². The van der Waals surface area contributed by atoms with Crippen molar-refractivity contribution in [2.75, 3.05) is 13.7 Å². The number of fused-ring (bicyclic) bond motifs is 3. The van der Waals surface area contributed by atoms with Gasteiger partial charge in [-0.3, -0.25) is 9.69 Å². The molecule has 1 aromatic heterocycles. The average molecular weight is 482 g/mol. The molecule has 2 atom stereocenters. The highest BCUT2D eigenvalue weighted by molar-refractivity contribution is 5.92. The molecule has 3 aromatic rings. The number of carbonyl (C=O) groups excluding carboxylic acids is 2. The zero-order chi connectivity index (χ0) is 25.4. The molecule has 35 heavy (non-hydrogen) atoms. The van der Waals surface area contributed by atoms with Crippen molar-refractivity contribution < 1.29 is 23.1 Å². The maximum atomic E-state index is 15.6. The van der Waals surface area contributed by atoms with E-state index in [2.05, 4.69) is 35.5 Å². The first-order chi connectivity index (χ1) is 16.6. The normalized spacial score (nSPS) is 18.4. The molecule has 8 heteroatoms. The first-order valence-corrected chi connectivity index (χ1v) is 11.6. The van der Waals surface area contributed by atoms with Gasteiger partial charge in [0, 0.05) is 36.5 Å². The van der Waals surface area contributed by atoms with Gasteiger partial charge in [0.25, 0.3) is 0 Å². The number of aromatic nitrogens is 2. The van der Waals surface area contributed by atoms with Crippen LogP contribution in [0.2, 0.25) is 0 Å². The number of halogens is 2. The van der Waals surface area contributed by atoms with E-state index in [0.717, 1.165) is 22.6 Å². The number of hydrogen-bond acceptors (Lipinski definition) is 5. The number of esters is 1. The fourth-order valence-electron chi connectivity index (χ4n) is 4.98. The Bertz CT molecular complexity index is 1310. The molecule has 1 aliphatic rings. The van der Waals surface area contributed by atoms with Gasteiger partial charge in [-0.25, -0.2) is 18.3 Å². The molecule has 0 N–H and O–H groups in total. The van der Waals surface area contributed by atoms with Crippen LogP contribution in [-0.2, 0) is 16.0 Å². The van der Waals surface area contributed by atoms with E-state index < -0.39 is 23.6 Å². The van der Waals surface area contributed by atoms with Crippen molar-refractivity contribution in [3.63, 3.8) is 0 Å². The highest BCUT2D eigenvalue weighted by Gasteiger charge is 2.37. The van der Waals surface area contributed by atoms with Crippen LogP contribution in [0.3, 0.4) is 0 Å². The van der Waals surface area contributed by atoms with Gasteiger partial charge < -0.3 is 4.74 Å². The molecule has 0 radical (unpaired) electrons. The molecule has 2 heterocycles. The van der Waals surface area contributed by atoms with Gasteiger partial charge in [-0.05, 0) is 60.2 Å². The zero-order valence-corrected chi connectivity index (χ0v) is 20.5. The van der Waals surface area contributed by atoms with E-state index in [1.165, 1.54) is 36.9 Å². The molecule has 2 aromatic carbocycles. The molecule has 0 saturated heterocycles. The summed E-state index contributed by atoms with van der Waals surface area (Å²) in [6.07, 6.45) is 4.78. The summed E-state index contributed by atoms with van der Waals surface area (Å²) < 4.78 is 37.1. The van der Waals surface area contributed by atoms with Crippen LogP contribution < -0.4 is 0 Å². The summed E-state index contributed by atoms with van der Waals surface area (Å²) in [4.78, 5) is 25.6. The maximum Gasteiger partial charge on any atom is 0.330 e. The van der Waals surface area contributed by atoms with Crippen molar-refractivity contribution in [2.24, 2.45) is 5.92 Å². The van der Waals surface area contributed by atoms with Gasteiger partial charge in [0.15, 0.2) is 0 Å². The van der Waals surface area contributed by atoms with Crippen molar-refractivity contribution in [1.82, 2.24) is 14.7 Å². The first kappa shape index (κ1) is 24.7. The summed E-state index contributed by atoms with van der Waals surface area (Å²) in [5, 5.41) is 5.06. The van der Waals surface area contributed by atoms with Crippen LogP contribution in [0.15, 0.2) is 36.5 Å². The Morgan fingerprint density at radius 1 is 1.23 bits per heavy atom. The third-order valence-corrected chi connectivity index (χ3v) is 6.45. The van der Waals surface area contributed by atoms with Crippen molar-refractivity contribution in [3.8, 4) is 0 Å². The number of carbonyl (C=O) groups is 2. The number of ether oxygens (including phenoxy) is 1. The highest BCUT2D eigenvalue weighted by atomic mass is 19.1. The Hall–Kier alpha value is -3.39. The summed E-state index contributed by atoms with van der Waals surface area (Å²) >= 11 is 0. The van der Waals surface area contributed by atoms with E-state index in [1.54, 1.807) is 12.3 Å². The Morgan fingerprint density at radius 2 is 1.91 bits per heavy atom. The van der Waals surface area contributed by atoms with E-state index in [9.17, 15) is 9.59 Å². The van der Waals surface area contributed by atoms with Crippen LogP contribution in [0.4, 0.5) is 8.78 Å². The third kappa shape index (κ3) is 4.62. The van der Waals surface area contributed by atoms with Crippen molar-refractivity contribution in [1.29, 1.82) is 0 Å². The van der Waals surface area contributed by atoms with Crippen LogP contribution in [0, 0.1) is 17.6 Å². The number of methoxy groups -OCH3 is 1. The van der Waals surface area contributed by atoms with E-state index in [-0.39, 0.29) is 29.0 Å². The van der Waals surface area contributed by atoms with E-state index in [1.807, 2.05) is 6.07 Å². The quantitative estimate of drug-likeness (QED) is 0.372. The predicted octanol–water partition coefficient (Wildman–Crippen LogP) is 5.15. The van der Waals surface area contributed by atoms with E-state index >= 15 is 8.78 Å². The molecule has 0 spiro atoms. The SMILES string of the molecule is COC(=O)/C=C/c1cc(F)c(C2c3ccc4c(cnn4C(C)=O)c3CC(C)N2CC(C)C)c(F)c1. The molecule has 0 aliphatic carbocycles. The highest BCUT2D eigenvalue weighted by Crippen LogP contribution is 2.43. The molecule has 0 fully saturated rings. The lowest BCUT2D eigenvalue weighted by Gasteiger charge is -2.43. The van der Waals surface area contributed by atoms with Crippen LogP contribution >= 0.6 is 0 Å². The Balaban J connectivity index is 1.90. The Labute approximate surface area is 203 Å². The number of rotatable bonds is 5. The van der Waals surface area contributed by atoms with Crippen molar-refractivity contribution in [2.45, 2.75) is 46.2 Å². The Morgan fingerprint density at radius 3 is 2.51 bits per heavy atom. The minimum atomic E-state index is -0.687. The van der Waals surface area contributed by atoms with Gasteiger partial charge in [-0.2, -0.15) is 5.10 Å². The topological polar surface area (TPSA) is 64.4 Å². The molecule has 0 amide bonds. The second kappa shape index (κ2) is 9.70. The second-order valence-electron chi connectivity index (χ2n) is 9.44. The van der Waals surface area contributed by atoms with E-state index in [4.69, 9.17) is 0 Å². The Kier molecular flexibility index (Phi) is 6.85. The lowest BCUT2D eigenvalue weighted by molar-refractivity contribution is -0.134. The summed E-state index contributed by atoms with van der Waals surface area (Å²) in [5.74, 6) is -1.91. The third-order valence-electron chi connectivity index (χ3n) is 6.45. The fourth-order valence-corrected chi connectivity index (χ4v) is 4.98. The molecule has 6 nitrogen and oxygen atoms in total. The number of hydrogen-bond donors (Lipinski definition) is 0. The van der Waals surface area contributed by atoms with Crippen molar-refractivity contribution in [3.05, 3.63) is 70.4 Å². The molecular formula is C27H29F2N3O3. The molecule has 4 rings (SSSR count). The lowest BCUT2D eigenvalue weighted by Crippen LogP contribution is -2.45. The van der Waals surface area contributed by atoms with Gasteiger partial charge in [-0.1, -0.05) is 19.9 Å². The van der Waals surface area contributed by atoms with Crippen LogP contribution in [0.1, 0.15) is 60.8 Å². The molecule has 2 unspecified atom stereocenters. The maximum absolute atomic E-state index is 15.6.